The molecule has 23 heavy (non-hydrogen) atoms. The molecule has 0 bridgehead atoms. The number of benzene rings is 1. The molecule has 1 atom stereocenters. The van der Waals surface area contributed by atoms with Gasteiger partial charge in [-0.3, -0.25) is 4.79 Å². The van der Waals surface area contributed by atoms with Crippen molar-refractivity contribution in [3.05, 3.63) is 29.8 Å². The minimum Gasteiger partial charge on any atom is -0.348 e. The van der Waals surface area contributed by atoms with E-state index in [0.29, 0.717) is 5.56 Å². The van der Waals surface area contributed by atoms with Gasteiger partial charge in [0.25, 0.3) is 5.91 Å². The molecule has 0 aliphatic carbocycles. The molecule has 1 unspecified atom stereocenters. The molecule has 1 aliphatic heterocycles. The van der Waals surface area contributed by atoms with Gasteiger partial charge in [0.05, 0.1) is 4.90 Å². The normalized spacial score (nSPS) is 18.3. The molecule has 130 valence electrons. The maximum absolute atomic E-state index is 12.1. The van der Waals surface area contributed by atoms with Gasteiger partial charge in [0.2, 0.25) is 10.0 Å². The van der Waals surface area contributed by atoms with Crippen molar-refractivity contribution in [2.75, 3.05) is 13.1 Å². The van der Waals surface area contributed by atoms with Crippen molar-refractivity contribution in [1.82, 2.24) is 15.4 Å². The van der Waals surface area contributed by atoms with Crippen LogP contribution in [0.2, 0.25) is 0 Å². The topological polar surface area (TPSA) is 87.3 Å². The van der Waals surface area contributed by atoms with E-state index in [1.54, 1.807) is 26.0 Å². The van der Waals surface area contributed by atoms with Crippen molar-refractivity contribution in [3.8, 4) is 0 Å². The number of halogens is 1. The smallest absolute Gasteiger partial charge is 0.251 e. The van der Waals surface area contributed by atoms with Gasteiger partial charge in [-0.05, 0) is 57.5 Å². The molecule has 2 rings (SSSR count). The van der Waals surface area contributed by atoms with E-state index in [-0.39, 0.29) is 35.3 Å². The van der Waals surface area contributed by atoms with Crippen molar-refractivity contribution in [1.29, 1.82) is 0 Å². The zero-order valence-electron chi connectivity index (χ0n) is 13.3. The van der Waals surface area contributed by atoms with Crippen LogP contribution in [0.4, 0.5) is 0 Å². The largest absolute Gasteiger partial charge is 0.348 e. The zero-order chi connectivity index (χ0) is 16.2. The Hall–Kier alpha value is -1.15. The summed E-state index contributed by atoms with van der Waals surface area (Å²) < 4.78 is 26.6. The fourth-order valence-electron chi connectivity index (χ4n) is 2.41. The second-order valence-corrected chi connectivity index (χ2v) is 7.53. The molecule has 1 amide bonds. The van der Waals surface area contributed by atoms with Crippen molar-refractivity contribution in [2.45, 2.75) is 43.7 Å². The van der Waals surface area contributed by atoms with E-state index in [1.165, 1.54) is 12.1 Å². The summed E-state index contributed by atoms with van der Waals surface area (Å²) in [6, 6.07) is 5.96. The summed E-state index contributed by atoms with van der Waals surface area (Å²) >= 11 is 0. The minimum absolute atomic E-state index is 0. The minimum atomic E-state index is -3.52. The average molecular weight is 362 g/mol. The molecule has 0 spiro atoms. The molecule has 1 fully saturated rings. The monoisotopic (exact) mass is 361 g/mol. The molecule has 6 nitrogen and oxygen atoms in total. The van der Waals surface area contributed by atoms with Crippen LogP contribution in [0.15, 0.2) is 29.2 Å². The third-order valence-corrected chi connectivity index (χ3v) is 5.12. The molecular formula is C15H24ClN3O3S. The van der Waals surface area contributed by atoms with Crippen LogP contribution in [0.25, 0.3) is 0 Å². The lowest BCUT2D eigenvalue weighted by Crippen LogP contribution is -2.45. The van der Waals surface area contributed by atoms with Gasteiger partial charge in [-0.1, -0.05) is 0 Å². The highest BCUT2D eigenvalue weighted by Crippen LogP contribution is 2.12. The first-order valence-corrected chi connectivity index (χ1v) is 9.01. The molecular weight excluding hydrogens is 338 g/mol. The molecule has 1 saturated heterocycles. The van der Waals surface area contributed by atoms with Gasteiger partial charge in [-0.25, -0.2) is 13.1 Å². The number of amides is 1. The Morgan fingerprint density at radius 3 is 2.43 bits per heavy atom. The third kappa shape index (κ3) is 5.76. The molecule has 0 saturated carbocycles. The maximum atomic E-state index is 12.1. The lowest BCUT2D eigenvalue weighted by Gasteiger charge is -2.23. The van der Waals surface area contributed by atoms with Crippen molar-refractivity contribution >= 4 is 28.3 Å². The van der Waals surface area contributed by atoms with Gasteiger partial charge < -0.3 is 10.6 Å². The summed E-state index contributed by atoms with van der Waals surface area (Å²) in [5.41, 5.74) is 0.467. The molecule has 0 radical (unpaired) electrons. The van der Waals surface area contributed by atoms with E-state index < -0.39 is 10.0 Å². The van der Waals surface area contributed by atoms with Gasteiger partial charge in [-0.2, -0.15) is 0 Å². The number of rotatable bonds is 5. The van der Waals surface area contributed by atoms with Gasteiger partial charge in [-0.15, -0.1) is 12.4 Å². The van der Waals surface area contributed by atoms with Crippen LogP contribution in [0, 0.1) is 0 Å². The summed E-state index contributed by atoms with van der Waals surface area (Å²) in [4.78, 5) is 12.3. The molecule has 0 aromatic heterocycles. The predicted octanol–water partition coefficient (Wildman–Crippen LogP) is 1.28. The lowest BCUT2D eigenvalue weighted by molar-refractivity contribution is 0.0930. The highest BCUT2D eigenvalue weighted by Gasteiger charge is 2.18. The average Bonchev–Trinajstić information content (AvgIpc) is 2.47. The Morgan fingerprint density at radius 1 is 1.26 bits per heavy atom. The number of carbonyl (C=O) groups excluding carboxylic acids is 1. The first kappa shape index (κ1) is 19.9. The zero-order valence-corrected chi connectivity index (χ0v) is 15.0. The van der Waals surface area contributed by atoms with E-state index in [9.17, 15) is 13.2 Å². The van der Waals surface area contributed by atoms with E-state index >= 15 is 0 Å². The van der Waals surface area contributed by atoms with E-state index in [0.717, 1.165) is 25.9 Å². The highest BCUT2D eigenvalue weighted by atomic mass is 35.5. The Morgan fingerprint density at radius 2 is 1.91 bits per heavy atom. The number of piperidine rings is 1. The fraction of sp³-hybridized carbons (Fsp3) is 0.533. The van der Waals surface area contributed by atoms with Crippen LogP contribution in [0.5, 0.6) is 0 Å². The van der Waals surface area contributed by atoms with Crippen LogP contribution in [-0.2, 0) is 10.0 Å². The van der Waals surface area contributed by atoms with Crippen LogP contribution in [0.3, 0.4) is 0 Å². The van der Waals surface area contributed by atoms with Crippen molar-refractivity contribution in [3.63, 3.8) is 0 Å². The summed E-state index contributed by atoms with van der Waals surface area (Å²) in [5, 5.41) is 6.20. The molecule has 1 heterocycles. The predicted molar refractivity (Wildman–Crippen MR) is 92.5 cm³/mol. The van der Waals surface area contributed by atoms with Crippen LogP contribution in [0.1, 0.15) is 37.0 Å². The molecule has 1 aromatic carbocycles. The standard InChI is InChI=1S/C15H23N3O3S.ClH/c1-11(2)18-22(20,21)14-7-5-12(6-8-14)15(19)17-13-4-3-9-16-10-13;/h5-8,11,13,16,18H,3-4,9-10H2,1-2H3,(H,17,19);1H. The van der Waals surface area contributed by atoms with Crippen LogP contribution < -0.4 is 15.4 Å². The molecule has 3 N–H and O–H groups in total. The number of carbonyl (C=O) groups is 1. The van der Waals surface area contributed by atoms with Crippen molar-refractivity contribution < 1.29 is 13.2 Å². The van der Waals surface area contributed by atoms with Gasteiger partial charge in [0, 0.05) is 24.2 Å². The van der Waals surface area contributed by atoms with Crippen LogP contribution in [-0.4, -0.2) is 39.5 Å². The number of hydrogen-bond acceptors (Lipinski definition) is 4. The third-order valence-electron chi connectivity index (χ3n) is 3.45. The number of nitrogens with one attached hydrogen (secondary N) is 3. The summed E-state index contributed by atoms with van der Waals surface area (Å²) in [6.07, 6.45) is 2.01. The lowest BCUT2D eigenvalue weighted by atomic mass is 10.1. The Bertz CT molecular complexity index is 611. The first-order chi connectivity index (χ1) is 10.4. The maximum Gasteiger partial charge on any atom is 0.251 e. The Balaban J connectivity index is 0.00000264. The molecule has 1 aliphatic rings. The Labute approximate surface area is 143 Å². The second kappa shape index (κ2) is 8.63. The van der Waals surface area contributed by atoms with E-state index in [2.05, 4.69) is 15.4 Å². The quantitative estimate of drug-likeness (QED) is 0.737. The van der Waals surface area contributed by atoms with Crippen LogP contribution >= 0.6 is 12.4 Å². The summed E-state index contributed by atoms with van der Waals surface area (Å²) in [5.74, 6) is -0.172. The van der Waals surface area contributed by atoms with Crippen molar-refractivity contribution in [2.24, 2.45) is 0 Å². The second-order valence-electron chi connectivity index (χ2n) is 5.82. The number of hydrogen-bond donors (Lipinski definition) is 3. The van der Waals surface area contributed by atoms with Gasteiger partial charge in [0.1, 0.15) is 0 Å². The SMILES string of the molecule is CC(C)NS(=O)(=O)c1ccc(C(=O)NC2CCCNC2)cc1.Cl. The highest BCUT2D eigenvalue weighted by molar-refractivity contribution is 7.89. The summed E-state index contributed by atoms with van der Waals surface area (Å²) in [6.45, 7) is 5.29. The number of sulfonamides is 1. The van der Waals surface area contributed by atoms with E-state index in [1.807, 2.05) is 0 Å². The van der Waals surface area contributed by atoms with E-state index in [4.69, 9.17) is 0 Å². The van der Waals surface area contributed by atoms with Gasteiger partial charge >= 0.3 is 0 Å². The fourth-order valence-corrected chi connectivity index (χ4v) is 3.66. The summed E-state index contributed by atoms with van der Waals surface area (Å²) in [7, 11) is -3.52. The Kier molecular flexibility index (Phi) is 7.47. The first-order valence-electron chi connectivity index (χ1n) is 7.52. The molecule has 8 heteroatoms. The molecule has 1 aromatic rings. The van der Waals surface area contributed by atoms with Gasteiger partial charge in [0.15, 0.2) is 0 Å².